The summed E-state index contributed by atoms with van der Waals surface area (Å²) in [6.07, 6.45) is 0. The highest BCUT2D eigenvalue weighted by Crippen LogP contribution is 2.32. The van der Waals surface area contributed by atoms with Crippen LogP contribution in [0.2, 0.25) is 0 Å². The molecule has 3 nitrogen and oxygen atoms in total. The third-order valence-electron chi connectivity index (χ3n) is 2.49. The summed E-state index contributed by atoms with van der Waals surface area (Å²) in [5, 5.41) is 18.0. The number of benzene rings is 2. The lowest BCUT2D eigenvalue weighted by Gasteiger charge is -2.08. The van der Waals surface area contributed by atoms with E-state index in [0.29, 0.717) is 5.56 Å². The Hall–Kier alpha value is -2.43. The third kappa shape index (κ3) is 1.90. The normalized spacial score (nSPS) is 10.3. The van der Waals surface area contributed by atoms with Gasteiger partial charge in [-0.25, -0.2) is 13.6 Å². The predicted molar refractivity (Wildman–Crippen MR) is 60.4 cm³/mol. The first-order chi connectivity index (χ1) is 8.52. The molecule has 5 heteroatoms. The Balaban J connectivity index is 2.75. The topological polar surface area (TPSA) is 57.5 Å². The van der Waals surface area contributed by atoms with Crippen molar-refractivity contribution in [2.45, 2.75) is 0 Å². The largest absolute Gasteiger partial charge is 0.504 e. The van der Waals surface area contributed by atoms with Gasteiger partial charge in [-0.2, -0.15) is 0 Å². The molecule has 0 heterocycles. The second kappa shape index (κ2) is 4.44. The summed E-state index contributed by atoms with van der Waals surface area (Å²) in [6.45, 7) is 0. The fourth-order valence-corrected chi connectivity index (χ4v) is 1.64. The highest BCUT2D eigenvalue weighted by atomic mass is 19.1. The zero-order valence-corrected chi connectivity index (χ0v) is 9.02. The van der Waals surface area contributed by atoms with Crippen LogP contribution in [0.15, 0.2) is 36.4 Å². The van der Waals surface area contributed by atoms with Crippen LogP contribution in [0.4, 0.5) is 8.78 Å². The van der Waals surface area contributed by atoms with Gasteiger partial charge in [-0.3, -0.25) is 0 Å². The average Bonchev–Trinajstić information content (AvgIpc) is 2.34. The highest BCUT2D eigenvalue weighted by Gasteiger charge is 2.23. The molecule has 18 heavy (non-hydrogen) atoms. The van der Waals surface area contributed by atoms with Crippen molar-refractivity contribution in [2.24, 2.45) is 0 Å². The van der Waals surface area contributed by atoms with E-state index >= 15 is 0 Å². The molecule has 92 valence electrons. The first-order valence-electron chi connectivity index (χ1n) is 5.02. The molecule has 0 fully saturated rings. The summed E-state index contributed by atoms with van der Waals surface area (Å²) in [5.41, 5.74) is -0.937. The standard InChI is InChI=1S/C13H8F2O3/c14-9-6-8(7-4-2-1-3-5-7)11(15)10(12(9)16)13(17)18/h1-6,16H,(H,17,18). The summed E-state index contributed by atoms with van der Waals surface area (Å²) in [6, 6.07) is 8.71. The molecule has 2 N–H and O–H groups in total. The number of aromatic hydroxyl groups is 1. The van der Waals surface area contributed by atoms with Gasteiger partial charge in [-0.1, -0.05) is 30.3 Å². The van der Waals surface area contributed by atoms with E-state index in [2.05, 4.69) is 0 Å². The molecule has 0 spiro atoms. The lowest BCUT2D eigenvalue weighted by molar-refractivity contribution is 0.0687. The molecule has 0 bridgehead atoms. The van der Waals surface area contributed by atoms with E-state index in [-0.39, 0.29) is 5.56 Å². The monoisotopic (exact) mass is 250 g/mol. The van der Waals surface area contributed by atoms with Crippen LogP contribution >= 0.6 is 0 Å². The Morgan fingerprint density at radius 1 is 1.11 bits per heavy atom. The predicted octanol–water partition coefficient (Wildman–Crippen LogP) is 3.04. The van der Waals surface area contributed by atoms with Crippen molar-refractivity contribution in [3.05, 3.63) is 53.6 Å². The minimum absolute atomic E-state index is 0.205. The van der Waals surface area contributed by atoms with Crippen molar-refractivity contribution < 1.29 is 23.8 Å². The zero-order valence-electron chi connectivity index (χ0n) is 9.02. The number of rotatable bonds is 2. The van der Waals surface area contributed by atoms with Gasteiger partial charge in [-0.05, 0) is 11.6 Å². The van der Waals surface area contributed by atoms with E-state index in [0.717, 1.165) is 6.07 Å². The molecule has 0 aliphatic rings. The van der Waals surface area contributed by atoms with Crippen molar-refractivity contribution in [2.75, 3.05) is 0 Å². The zero-order chi connectivity index (χ0) is 13.3. The minimum atomic E-state index is -1.72. The van der Waals surface area contributed by atoms with Gasteiger partial charge in [0.25, 0.3) is 0 Å². The molecule has 0 unspecified atom stereocenters. The molecule has 2 rings (SSSR count). The van der Waals surface area contributed by atoms with Gasteiger partial charge in [-0.15, -0.1) is 0 Å². The molecule has 0 amide bonds. The molecule has 2 aromatic carbocycles. The number of hydrogen-bond donors (Lipinski definition) is 2. The molecule has 0 saturated carbocycles. The summed E-state index contributed by atoms with van der Waals surface area (Å²) in [7, 11) is 0. The Bertz CT molecular complexity index is 609. The van der Waals surface area contributed by atoms with E-state index < -0.39 is 28.9 Å². The van der Waals surface area contributed by atoms with Crippen LogP contribution in [0.5, 0.6) is 5.75 Å². The number of carboxylic acids is 1. The minimum Gasteiger partial charge on any atom is -0.504 e. The van der Waals surface area contributed by atoms with Crippen LogP contribution in [-0.2, 0) is 0 Å². The van der Waals surface area contributed by atoms with Crippen LogP contribution in [0.3, 0.4) is 0 Å². The second-order valence-corrected chi connectivity index (χ2v) is 3.61. The van der Waals surface area contributed by atoms with Crippen molar-refractivity contribution in [1.82, 2.24) is 0 Å². The van der Waals surface area contributed by atoms with Gasteiger partial charge in [0.2, 0.25) is 0 Å². The molecular weight excluding hydrogens is 242 g/mol. The quantitative estimate of drug-likeness (QED) is 0.861. The molecule has 0 aliphatic carbocycles. The van der Waals surface area contributed by atoms with Crippen LogP contribution in [-0.4, -0.2) is 16.2 Å². The molecule has 0 aromatic heterocycles. The van der Waals surface area contributed by atoms with Crippen molar-refractivity contribution in [3.8, 4) is 16.9 Å². The van der Waals surface area contributed by atoms with E-state index in [1.165, 1.54) is 12.1 Å². The molecule has 0 radical (unpaired) electrons. The smallest absolute Gasteiger partial charge is 0.342 e. The number of carbonyl (C=O) groups is 1. The van der Waals surface area contributed by atoms with Crippen molar-refractivity contribution in [1.29, 1.82) is 0 Å². The van der Waals surface area contributed by atoms with Gasteiger partial charge < -0.3 is 10.2 Å². The van der Waals surface area contributed by atoms with Gasteiger partial charge in [0.05, 0.1) is 0 Å². The highest BCUT2D eigenvalue weighted by molar-refractivity contribution is 5.93. The molecular formula is C13H8F2O3. The maximum absolute atomic E-state index is 13.9. The number of phenols is 1. The SMILES string of the molecule is O=C(O)c1c(O)c(F)cc(-c2ccccc2)c1F. The van der Waals surface area contributed by atoms with Crippen LogP contribution in [0, 0.1) is 11.6 Å². The fourth-order valence-electron chi connectivity index (χ4n) is 1.64. The van der Waals surface area contributed by atoms with Crippen molar-refractivity contribution in [3.63, 3.8) is 0 Å². The average molecular weight is 250 g/mol. The number of halogens is 2. The van der Waals surface area contributed by atoms with Crippen LogP contribution in [0.25, 0.3) is 11.1 Å². The van der Waals surface area contributed by atoms with Crippen LogP contribution in [0.1, 0.15) is 10.4 Å². The van der Waals surface area contributed by atoms with Crippen LogP contribution < -0.4 is 0 Å². The Morgan fingerprint density at radius 2 is 1.72 bits per heavy atom. The molecule has 0 atom stereocenters. The molecule has 0 aliphatic heterocycles. The second-order valence-electron chi connectivity index (χ2n) is 3.61. The Kier molecular flexibility index (Phi) is 2.97. The maximum Gasteiger partial charge on any atom is 0.342 e. The van der Waals surface area contributed by atoms with E-state index in [1.54, 1.807) is 18.2 Å². The van der Waals surface area contributed by atoms with E-state index in [1.807, 2.05) is 0 Å². The third-order valence-corrected chi connectivity index (χ3v) is 2.49. The summed E-state index contributed by atoms with van der Waals surface area (Å²) in [5.74, 6) is -5.25. The van der Waals surface area contributed by atoms with Gasteiger partial charge in [0, 0.05) is 5.56 Å². The first kappa shape index (κ1) is 12.0. The number of aromatic carboxylic acids is 1. The van der Waals surface area contributed by atoms with Gasteiger partial charge in [0.15, 0.2) is 11.6 Å². The van der Waals surface area contributed by atoms with Gasteiger partial charge in [0.1, 0.15) is 11.4 Å². The summed E-state index contributed by atoms with van der Waals surface area (Å²) in [4.78, 5) is 10.8. The lowest BCUT2D eigenvalue weighted by atomic mass is 10.0. The fraction of sp³-hybridized carbons (Fsp3) is 0. The van der Waals surface area contributed by atoms with Crippen molar-refractivity contribution >= 4 is 5.97 Å². The summed E-state index contributed by atoms with van der Waals surface area (Å²) >= 11 is 0. The Labute approximate surface area is 101 Å². The Morgan fingerprint density at radius 3 is 2.28 bits per heavy atom. The number of hydrogen-bond acceptors (Lipinski definition) is 2. The first-order valence-corrected chi connectivity index (χ1v) is 5.02. The molecule has 0 saturated heterocycles. The van der Waals surface area contributed by atoms with Gasteiger partial charge >= 0.3 is 5.97 Å². The maximum atomic E-state index is 13.9. The molecule has 2 aromatic rings. The number of carboxylic acid groups (broad SMARTS) is 1. The summed E-state index contributed by atoms with van der Waals surface area (Å²) < 4.78 is 27.3. The van der Waals surface area contributed by atoms with E-state index in [4.69, 9.17) is 5.11 Å². The van der Waals surface area contributed by atoms with E-state index in [9.17, 15) is 18.7 Å². The lowest BCUT2D eigenvalue weighted by Crippen LogP contribution is -2.04.